The van der Waals surface area contributed by atoms with Crippen molar-refractivity contribution in [1.29, 1.82) is 0 Å². The molecular formula is C15H26N2O2. The summed E-state index contributed by atoms with van der Waals surface area (Å²) in [6.45, 7) is 12.6. The second-order valence-electron chi connectivity index (χ2n) is 6.75. The zero-order chi connectivity index (χ0) is 14.7. The van der Waals surface area contributed by atoms with E-state index in [1.165, 1.54) is 0 Å². The highest BCUT2D eigenvalue weighted by atomic mass is 16.6. The lowest BCUT2D eigenvalue weighted by Crippen LogP contribution is -2.45. The first kappa shape index (κ1) is 15.7. The maximum Gasteiger partial charge on any atom is 0.407 e. The van der Waals surface area contributed by atoms with E-state index in [0.29, 0.717) is 18.4 Å². The summed E-state index contributed by atoms with van der Waals surface area (Å²) in [4.78, 5) is 15.9. The lowest BCUT2D eigenvalue weighted by atomic mass is 9.71. The highest BCUT2D eigenvalue weighted by Crippen LogP contribution is 2.34. The fraction of sp³-hybridized carbons (Fsp3) is 0.733. The van der Waals surface area contributed by atoms with Crippen molar-refractivity contribution in [3.8, 4) is 0 Å². The number of aliphatic imine (C=N–C) groups is 1. The molecule has 1 aliphatic rings. The molecule has 108 valence electrons. The number of hydrogen-bond acceptors (Lipinski definition) is 3. The van der Waals surface area contributed by atoms with Crippen molar-refractivity contribution in [2.75, 3.05) is 6.54 Å². The van der Waals surface area contributed by atoms with Crippen molar-refractivity contribution in [2.45, 2.75) is 47.1 Å². The van der Waals surface area contributed by atoms with Gasteiger partial charge in [-0.2, -0.15) is 0 Å². The van der Waals surface area contributed by atoms with E-state index in [1.54, 1.807) is 0 Å². The van der Waals surface area contributed by atoms with Gasteiger partial charge in [0.2, 0.25) is 0 Å². The van der Waals surface area contributed by atoms with E-state index in [4.69, 9.17) is 4.74 Å². The zero-order valence-electron chi connectivity index (χ0n) is 12.9. The number of amides is 1. The van der Waals surface area contributed by atoms with E-state index in [9.17, 15) is 4.79 Å². The van der Waals surface area contributed by atoms with Crippen LogP contribution in [0.2, 0.25) is 0 Å². The molecule has 1 amide bonds. The first-order chi connectivity index (χ1) is 8.64. The third-order valence-electron chi connectivity index (χ3n) is 3.24. The average molecular weight is 266 g/mol. The molecule has 0 radical (unpaired) electrons. The van der Waals surface area contributed by atoms with Crippen molar-refractivity contribution >= 4 is 12.3 Å². The fourth-order valence-electron chi connectivity index (χ4n) is 2.39. The van der Waals surface area contributed by atoms with Gasteiger partial charge in [-0.25, -0.2) is 4.79 Å². The molecule has 4 nitrogen and oxygen atoms in total. The summed E-state index contributed by atoms with van der Waals surface area (Å²) < 4.78 is 5.26. The Bertz CT molecular complexity index is 380. The van der Waals surface area contributed by atoms with Gasteiger partial charge in [0.15, 0.2) is 0 Å². The summed E-state index contributed by atoms with van der Waals surface area (Å²) in [5, 5.41) is 2.85. The molecule has 0 spiro atoms. The SMILES string of the molecule is CC(C)C1C=CN=CC1(C)CNC(=O)OC(C)(C)C. The first-order valence-electron chi connectivity index (χ1n) is 6.82. The van der Waals surface area contributed by atoms with Crippen LogP contribution in [0.1, 0.15) is 41.5 Å². The molecular weight excluding hydrogens is 240 g/mol. The maximum atomic E-state index is 11.7. The first-order valence-corrected chi connectivity index (χ1v) is 6.82. The van der Waals surface area contributed by atoms with Gasteiger partial charge in [-0.05, 0) is 32.6 Å². The summed E-state index contributed by atoms with van der Waals surface area (Å²) in [5.41, 5.74) is -0.636. The van der Waals surface area contributed by atoms with Crippen LogP contribution >= 0.6 is 0 Å². The fourth-order valence-corrected chi connectivity index (χ4v) is 2.39. The van der Waals surface area contributed by atoms with Crippen molar-refractivity contribution < 1.29 is 9.53 Å². The zero-order valence-corrected chi connectivity index (χ0v) is 12.9. The molecule has 0 fully saturated rings. The Hall–Kier alpha value is -1.32. The van der Waals surface area contributed by atoms with Gasteiger partial charge in [0.1, 0.15) is 5.60 Å². The molecule has 2 atom stereocenters. The van der Waals surface area contributed by atoms with Gasteiger partial charge < -0.3 is 10.1 Å². The van der Waals surface area contributed by atoms with Crippen LogP contribution in [0.25, 0.3) is 0 Å². The summed E-state index contributed by atoms with van der Waals surface area (Å²) in [6, 6.07) is 0. The van der Waals surface area contributed by atoms with Gasteiger partial charge in [0.05, 0.1) is 0 Å². The molecule has 0 saturated carbocycles. The number of alkyl carbamates (subject to hydrolysis) is 1. The summed E-state index contributed by atoms with van der Waals surface area (Å²) >= 11 is 0. The number of hydrogen-bond donors (Lipinski definition) is 1. The van der Waals surface area contributed by atoms with Gasteiger partial charge in [-0.3, -0.25) is 4.99 Å². The third kappa shape index (κ3) is 4.69. The minimum atomic E-state index is -0.469. The van der Waals surface area contributed by atoms with E-state index in [0.717, 1.165) is 0 Å². The van der Waals surface area contributed by atoms with E-state index in [1.807, 2.05) is 33.2 Å². The van der Waals surface area contributed by atoms with Crippen LogP contribution < -0.4 is 5.32 Å². The quantitative estimate of drug-likeness (QED) is 0.851. The molecule has 0 bridgehead atoms. The average Bonchev–Trinajstić information content (AvgIpc) is 2.24. The maximum absolute atomic E-state index is 11.7. The molecule has 2 unspecified atom stereocenters. The molecule has 0 aromatic heterocycles. The number of ether oxygens (including phenoxy) is 1. The van der Waals surface area contributed by atoms with Crippen LogP contribution in [-0.2, 0) is 4.74 Å². The van der Waals surface area contributed by atoms with E-state index >= 15 is 0 Å². The third-order valence-corrected chi connectivity index (χ3v) is 3.24. The highest BCUT2D eigenvalue weighted by Gasteiger charge is 2.35. The van der Waals surface area contributed by atoms with Crippen molar-refractivity contribution in [3.63, 3.8) is 0 Å². The van der Waals surface area contributed by atoms with Crippen molar-refractivity contribution in [1.82, 2.24) is 5.32 Å². The van der Waals surface area contributed by atoms with Crippen molar-refractivity contribution in [3.05, 3.63) is 12.3 Å². The van der Waals surface area contributed by atoms with Crippen LogP contribution in [0.15, 0.2) is 17.3 Å². The number of carbonyl (C=O) groups excluding carboxylic acids is 1. The smallest absolute Gasteiger partial charge is 0.407 e. The van der Waals surface area contributed by atoms with Gasteiger partial charge >= 0.3 is 6.09 Å². The number of allylic oxidation sites excluding steroid dienone is 1. The largest absolute Gasteiger partial charge is 0.444 e. The van der Waals surface area contributed by atoms with Gasteiger partial charge in [-0.1, -0.05) is 26.8 Å². The molecule has 0 aliphatic carbocycles. The van der Waals surface area contributed by atoms with Gasteiger partial charge in [0.25, 0.3) is 0 Å². The lowest BCUT2D eigenvalue weighted by molar-refractivity contribution is 0.0505. The van der Waals surface area contributed by atoms with E-state index in [-0.39, 0.29) is 11.5 Å². The Morgan fingerprint density at radius 2 is 2.11 bits per heavy atom. The van der Waals surface area contributed by atoms with Crippen LogP contribution in [0, 0.1) is 17.3 Å². The highest BCUT2D eigenvalue weighted by molar-refractivity contribution is 5.72. The van der Waals surface area contributed by atoms with Gasteiger partial charge in [-0.15, -0.1) is 0 Å². The van der Waals surface area contributed by atoms with Gasteiger partial charge in [0, 0.05) is 24.4 Å². The molecule has 0 aromatic carbocycles. The van der Waals surface area contributed by atoms with Crippen LogP contribution in [0.5, 0.6) is 0 Å². The molecule has 4 heteroatoms. The van der Waals surface area contributed by atoms with Crippen LogP contribution in [0.4, 0.5) is 4.79 Å². The normalized spacial score (nSPS) is 26.6. The number of rotatable bonds is 3. The molecule has 0 saturated heterocycles. The molecule has 0 aromatic rings. The van der Waals surface area contributed by atoms with E-state index < -0.39 is 5.60 Å². The molecule has 1 aliphatic heterocycles. The predicted molar refractivity (Wildman–Crippen MR) is 78.3 cm³/mol. The molecule has 1 heterocycles. The second kappa shape index (κ2) is 5.76. The second-order valence-corrected chi connectivity index (χ2v) is 6.75. The van der Waals surface area contributed by atoms with E-state index in [2.05, 4.69) is 37.2 Å². The number of nitrogens with zero attached hydrogens (tertiary/aromatic N) is 1. The summed E-state index contributed by atoms with van der Waals surface area (Å²) in [5.74, 6) is 0.855. The standard InChI is InChI=1S/C15H26N2O2/c1-11(2)12-7-8-16-9-15(12,6)10-17-13(18)19-14(3,4)5/h7-9,11-12H,10H2,1-6H3,(H,17,18). The Morgan fingerprint density at radius 1 is 1.47 bits per heavy atom. The summed E-state index contributed by atoms with van der Waals surface area (Å²) in [7, 11) is 0. The minimum absolute atomic E-state index is 0.167. The number of nitrogens with one attached hydrogen (secondary N) is 1. The topological polar surface area (TPSA) is 50.7 Å². The molecule has 1 N–H and O–H groups in total. The summed E-state index contributed by atoms with van der Waals surface area (Å²) in [6.07, 6.45) is 5.50. The van der Waals surface area contributed by atoms with Crippen molar-refractivity contribution in [2.24, 2.45) is 22.2 Å². The monoisotopic (exact) mass is 266 g/mol. The molecule has 1 rings (SSSR count). The molecule has 19 heavy (non-hydrogen) atoms. The minimum Gasteiger partial charge on any atom is -0.444 e. The van der Waals surface area contributed by atoms with Crippen LogP contribution in [-0.4, -0.2) is 24.5 Å². The Balaban J connectivity index is 2.62. The Morgan fingerprint density at radius 3 is 2.63 bits per heavy atom. The predicted octanol–water partition coefficient (Wildman–Crippen LogP) is 3.39. The lowest BCUT2D eigenvalue weighted by Gasteiger charge is -2.37. The van der Waals surface area contributed by atoms with Crippen LogP contribution in [0.3, 0.4) is 0 Å². The Kier molecular flexibility index (Phi) is 4.77. The number of carbonyl (C=O) groups is 1. The Labute approximate surface area is 116 Å².